The highest BCUT2D eigenvalue weighted by Crippen LogP contribution is 2.44. The van der Waals surface area contributed by atoms with Gasteiger partial charge >= 0.3 is 0 Å². The number of furan rings is 1. The molecule has 0 aliphatic heterocycles. The highest BCUT2D eigenvalue weighted by Gasteiger charge is 2.21. The van der Waals surface area contributed by atoms with Crippen LogP contribution in [-0.4, -0.2) is 19.5 Å². The molecule has 3 heterocycles. The maximum atomic E-state index is 6.41. The van der Waals surface area contributed by atoms with E-state index in [1.54, 1.807) is 0 Å². The average molecular weight is 793 g/mol. The Morgan fingerprint density at radius 3 is 1.42 bits per heavy atom. The Balaban J connectivity index is 1.02. The van der Waals surface area contributed by atoms with Crippen LogP contribution in [0.5, 0.6) is 0 Å². The van der Waals surface area contributed by atoms with E-state index in [1.807, 2.05) is 48.5 Å². The molecule has 0 unspecified atom stereocenters. The van der Waals surface area contributed by atoms with E-state index >= 15 is 0 Å². The van der Waals surface area contributed by atoms with E-state index in [4.69, 9.17) is 19.4 Å². The molecule has 0 bridgehead atoms. The lowest BCUT2D eigenvalue weighted by Crippen LogP contribution is -2.00. The minimum Gasteiger partial charge on any atom is -0.456 e. The Morgan fingerprint density at radius 1 is 0.306 bits per heavy atom. The fourth-order valence-electron chi connectivity index (χ4n) is 8.91. The molecule has 3 aromatic heterocycles. The van der Waals surface area contributed by atoms with Gasteiger partial charge in [0.15, 0.2) is 17.5 Å². The zero-order chi connectivity index (χ0) is 41.0. The topological polar surface area (TPSA) is 56.7 Å². The first-order valence-corrected chi connectivity index (χ1v) is 20.8. The second kappa shape index (κ2) is 14.7. The van der Waals surface area contributed by atoms with Crippen LogP contribution in [0.3, 0.4) is 0 Å². The molecule has 62 heavy (non-hydrogen) atoms. The fraction of sp³-hybridized carbons (Fsp3) is 0. The average Bonchev–Trinajstić information content (AvgIpc) is 3.91. The summed E-state index contributed by atoms with van der Waals surface area (Å²) in [6.07, 6.45) is 0. The van der Waals surface area contributed by atoms with Gasteiger partial charge in [0, 0.05) is 32.8 Å². The number of hydrogen-bond donors (Lipinski definition) is 0. The van der Waals surface area contributed by atoms with Crippen molar-refractivity contribution in [2.75, 3.05) is 0 Å². The first-order valence-electron chi connectivity index (χ1n) is 20.8. The molecule has 0 amide bonds. The maximum Gasteiger partial charge on any atom is 0.164 e. The number of fused-ring (bicyclic) bond motifs is 6. The van der Waals surface area contributed by atoms with Gasteiger partial charge in [-0.15, -0.1) is 0 Å². The SMILES string of the molecule is c1ccc(-c2ccc(-c3nc(-c4ccccc4)nc(-c4ccc(-c5cc(-c6ccccc6)c6c7ccccc7n(-c7cccc8oc9ccccc9c78)c6c5)cc4)n3)cc2)cc1. The van der Waals surface area contributed by atoms with Crippen molar-refractivity contribution in [1.29, 1.82) is 0 Å². The Kier molecular flexibility index (Phi) is 8.42. The second-order valence-corrected chi connectivity index (χ2v) is 15.6. The van der Waals surface area contributed by atoms with Crippen LogP contribution >= 0.6 is 0 Å². The van der Waals surface area contributed by atoms with Crippen LogP contribution in [0, 0.1) is 0 Å². The third-order valence-electron chi connectivity index (χ3n) is 11.9. The van der Waals surface area contributed by atoms with Gasteiger partial charge in [0.1, 0.15) is 11.2 Å². The monoisotopic (exact) mass is 792 g/mol. The highest BCUT2D eigenvalue weighted by molar-refractivity contribution is 6.19. The Bertz CT molecular complexity index is 3590. The van der Waals surface area contributed by atoms with E-state index in [9.17, 15) is 0 Å². The summed E-state index contributed by atoms with van der Waals surface area (Å²) in [4.78, 5) is 15.1. The normalized spacial score (nSPS) is 11.5. The van der Waals surface area contributed by atoms with Crippen molar-refractivity contribution < 1.29 is 4.42 Å². The van der Waals surface area contributed by atoms with Crippen molar-refractivity contribution in [3.8, 4) is 73.2 Å². The molecule has 290 valence electrons. The van der Waals surface area contributed by atoms with E-state index in [1.165, 1.54) is 21.9 Å². The summed E-state index contributed by atoms with van der Waals surface area (Å²) < 4.78 is 8.83. The molecular weight excluding hydrogens is 757 g/mol. The van der Waals surface area contributed by atoms with Crippen LogP contribution in [0.15, 0.2) is 223 Å². The van der Waals surface area contributed by atoms with Gasteiger partial charge in [-0.2, -0.15) is 0 Å². The van der Waals surface area contributed by atoms with E-state index in [0.29, 0.717) is 17.5 Å². The predicted octanol–water partition coefficient (Wildman–Crippen LogP) is 14.9. The Hall–Kier alpha value is -8.41. The molecule has 0 saturated carbocycles. The maximum absolute atomic E-state index is 6.41. The van der Waals surface area contributed by atoms with Gasteiger partial charge in [-0.25, -0.2) is 15.0 Å². The lowest BCUT2D eigenvalue weighted by atomic mass is 9.94. The zero-order valence-electron chi connectivity index (χ0n) is 33.5. The first-order chi connectivity index (χ1) is 30.7. The van der Waals surface area contributed by atoms with Gasteiger partial charge in [0.05, 0.1) is 22.1 Å². The standard InChI is InChI=1S/C57H36N4O/c1-4-15-37(16-5-1)38-27-31-42(32-28-38)56-58-55(41-19-8-3-9-20-41)59-57(60-56)43-33-29-39(30-34-43)44-35-47(40-17-6-2-7-18-40)53-45-21-10-12-23-48(45)61(50(53)36-44)49-24-14-26-52-54(49)46-22-11-13-25-51(46)62-52/h1-36H. The van der Waals surface area contributed by atoms with Crippen LogP contribution in [0.1, 0.15) is 0 Å². The molecule has 0 saturated heterocycles. The van der Waals surface area contributed by atoms with E-state index in [0.717, 1.165) is 77.6 Å². The van der Waals surface area contributed by atoms with E-state index in [-0.39, 0.29) is 0 Å². The van der Waals surface area contributed by atoms with E-state index < -0.39 is 0 Å². The molecule has 5 nitrogen and oxygen atoms in total. The summed E-state index contributed by atoms with van der Waals surface area (Å²) in [7, 11) is 0. The number of rotatable bonds is 7. The quantitative estimate of drug-likeness (QED) is 0.161. The third-order valence-corrected chi connectivity index (χ3v) is 11.9. The van der Waals surface area contributed by atoms with Crippen LogP contribution in [-0.2, 0) is 0 Å². The molecule has 0 aliphatic rings. The van der Waals surface area contributed by atoms with Crippen molar-refractivity contribution in [3.05, 3.63) is 218 Å². The lowest BCUT2D eigenvalue weighted by molar-refractivity contribution is 0.669. The second-order valence-electron chi connectivity index (χ2n) is 15.6. The summed E-state index contributed by atoms with van der Waals surface area (Å²) in [6.45, 7) is 0. The number of hydrogen-bond acceptors (Lipinski definition) is 4. The molecular formula is C57H36N4O. The highest BCUT2D eigenvalue weighted by atomic mass is 16.3. The largest absolute Gasteiger partial charge is 0.456 e. The number of aromatic nitrogens is 4. The fourth-order valence-corrected chi connectivity index (χ4v) is 8.91. The molecule has 12 aromatic rings. The van der Waals surface area contributed by atoms with Crippen LogP contribution in [0.25, 0.3) is 117 Å². The zero-order valence-corrected chi connectivity index (χ0v) is 33.5. The smallest absolute Gasteiger partial charge is 0.164 e. The summed E-state index contributed by atoms with van der Waals surface area (Å²) in [5.74, 6) is 1.88. The molecule has 0 spiro atoms. The van der Waals surface area contributed by atoms with E-state index in [2.05, 4.69) is 174 Å². The van der Waals surface area contributed by atoms with Gasteiger partial charge in [0.2, 0.25) is 0 Å². The minimum atomic E-state index is 0.619. The van der Waals surface area contributed by atoms with Crippen LogP contribution < -0.4 is 0 Å². The molecule has 0 aliphatic carbocycles. The lowest BCUT2D eigenvalue weighted by Gasteiger charge is -2.13. The molecule has 0 N–H and O–H groups in total. The van der Waals surface area contributed by atoms with Crippen molar-refractivity contribution in [2.45, 2.75) is 0 Å². The van der Waals surface area contributed by atoms with Gasteiger partial charge in [-0.3, -0.25) is 0 Å². The summed E-state index contributed by atoms with van der Waals surface area (Å²) in [6, 6.07) is 76.4. The molecule has 5 heteroatoms. The third kappa shape index (κ3) is 6.06. The predicted molar refractivity (Wildman–Crippen MR) is 254 cm³/mol. The van der Waals surface area contributed by atoms with Crippen molar-refractivity contribution >= 4 is 43.7 Å². The minimum absolute atomic E-state index is 0.619. The summed E-state index contributed by atoms with van der Waals surface area (Å²) in [5.41, 5.74) is 14.7. The molecule has 12 rings (SSSR count). The Labute approximate surface area is 357 Å². The van der Waals surface area contributed by atoms with Crippen LogP contribution in [0.2, 0.25) is 0 Å². The molecule has 0 radical (unpaired) electrons. The molecule has 9 aromatic carbocycles. The van der Waals surface area contributed by atoms with Crippen molar-refractivity contribution in [2.24, 2.45) is 0 Å². The van der Waals surface area contributed by atoms with Gasteiger partial charge in [-0.1, -0.05) is 182 Å². The summed E-state index contributed by atoms with van der Waals surface area (Å²) >= 11 is 0. The Morgan fingerprint density at radius 2 is 0.774 bits per heavy atom. The summed E-state index contributed by atoms with van der Waals surface area (Å²) in [5, 5.41) is 4.60. The van der Waals surface area contributed by atoms with Gasteiger partial charge in [0.25, 0.3) is 0 Å². The van der Waals surface area contributed by atoms with Gasteiger partial charge in [-0.05, 0) is 69.8 Å². The number of para-hydroxylation sites is 2. The van der Waals surface area contributed by atoms with Gasteiger partial charge < -0.3 is 8.98 Å². The van der Waals surface area contributed by atoms with Crippen molar-refractivity contribution in [3.63, 3.8) is 0 Å². The van der Waals surface area contributed by atoms with Crippen LogP contribution in [0.4, 0.5) is 0 Å². The number of nitrogens with zero attached hydrogens (tertiary/aromatic N) is 4. The van der Waals surface area contributed by atoms with Crippen molar-refractivity contribution in [1.82, 2.24) is 19.5 Å². The number of benzene rings is 9. The molecule has 0 fully saturated rings. The molecule has 0 atom stereocenters. The first kappa shape index (κ1) is 35.5.